The van der Waals surface area contributed by atoms with Crippen molar-refractivity contribution < 1.29 is 14.3 Å². The van der Waals surface area contributed by atoms with Gasteiger partial charge in [-0.25, -0.2) is 4.98 Å². The van der Waals surface area contributed by atoms with Crippen molar-refractivity contribution in [3.05, 3.63) is 60.4 Å². The fourth-order valence-corrected chi connectivity index (χ4v) is 3.31. The third kappa shape index (κ3) is 4.28. The molecule has 1 aliphatic rings. The minimum atomic E-state index is -0.120. The lowest BCUT2D eigenvalue weighted by Gasteiger charge is -2.22. The molecule has 0 atom stereocenters. The van der Waals surface area contributed by atoms with Crippen molar-refractivity contribution in [3.63, 3.8) is 0 Å². The molecule has 4 rings (SSSR count). The van der Waals surface area contributed by atoms with Gasteiger partial charge in [-0.15, -0.1) is 0 Å². The number of carbonyl (C=O) groups excluding carboxylic acids is 1. The quantitative estimate of drug-likeness (QED) is 0.729. The van der Waals surface area contributed by atoms with Gasteiger partial charge in [0.2, 0.25) is 5.88 Å². The minimum Gasteiger partial charge on any atom is -0.474 e. The molecule has 6 heteroatoms. The van der Waals surface area contributed by atoms with Gasteiger partial charge >= 0.3 is 0 Å². The number of para-hydroxylation sites is 1. The number of aromatic nitrogens is 2. The molecule has 1 amide bonds. The fourth-order valence-electron chi connectivity index (χ4n) is 3.31. The van der Waals surface area contributed by atoms with Crippen molar-refractivity contribution >= 4 is 16.8 Å². The second kappa shape index (κ2) is 8.22. The topological polar surface area (TPSA) is 65.4 Å². The maximum atomic E-state index is 12.5. The lowest BCUT2D eigenvalue weighted by atomic mass is 10.1. The summed E-state index contributed by atoms with van der Waals surface area (Å²) in [6.07, 6.45) is 5.46. The molecule has 3 heterocycles. The average molecular weight is 365 g/mol. The van der Waals surface area contributed by atoms with Crippen molar-refractivity contribution in [1.82, 2.24) is 14.9 Å². The van der Waals surface area contributed by atoms with Gasteiger partial charge in [-0.3, -0.25) is 4.79 Å². The molecule has 6 nitrogen and oxygen atoms in total. The maximum Gasteiger partial charge on any atom is 0.251 e. The first-order valence-electron chi connectivity index (χ1n) is 9.32. The third-order valence-corrected chi connectivity index (χ3v) is 4.77. The van der Waals surface area contributed by atoms with Gasteiger partial charge < -0.3 is 19.4 Å². The molecule has 0 saturated carbocycles. The molecule has 0 bridgehead atoms. The molecule has 3 aromatic rings. The number of hydrogen-bond acceptors (Lipinski definition) is 4. The van der Waals surface area contributed by atoms with Crippen LogP contribution in [0.1, 0.15) is 23.2 Å². The van der Waals surface area contributed by atoms with E-state index >= 15 is 0 Å². The summed E-state index contributed by atoms with van der Waals surface area (Å²) in [6, 6.07) is 13.7. The molecule has 1 N–H and O–H groups in total. The maximum absolute atomic E-state index is 12.5. The van der Waals surface area contributed by atoms with Crippen LogP contribution in [0.5, 0.6) is 5.88 Å². The Morgan fingerprint density at radius 2 is 2.07 bits per heavy atom. The van der Waals surface area contributed by atoms with E-state index in [-0.39, 0.29) is 12.0 Å². The summed E-state index contributed by atoms with van der Waals surface area (Å²) < 4.78 is 13.4. The van der Waals surface area contributed by atoms with Crippen LogP contribution in [0.3, 0.4) is 0 Å². The molecule has 1 saturated heterocycles. The average Bonchev–Trinajstić information content (AvgIpc) is 3.12. The van der Waals surface area contributed by atoms with Gasteiger partial charge in [0.15, 0.2) is 0 Å². The van der Waals surface area contributed by atoms with E-state index in [1.165, 1.54) is 10.9 Å². The first-order valence-corrected chi connectivity index (χ1v) is 9.32. The lowest BCUT2D eigenvalue weighted by molar-refractivity contribution is 0.0237. The highest BCUT2D eigenvalue weighted by Gasteiger charge is 2.16. The molecule has 140 valence electrons. The molecule has 0 radical (unpaired) electrons. The van der Waals surface area contributed by atoms with Gasteiger partial charge in [0.1, 0.15) is 6.10 Å². The monoisotopic (exact) mass is 365 g/mol. The van der Waals surface area contributed by atoms with Gasteiger partial charge in [-0.2, -0.15) is 0 Å². The Bertz CT molecular complexity index is 916. The van der Waals surface area contributed by atoms with E-state index in [1.807, 2.05) is 18.3 Å². The lowest BCUT2D eigenvalue weighted by Crippen LogP contribution is -2.28. The van der Waals surface area contributed by atoms with E-state index < -0.39 is 0 Å². The Balaban J connectivity index is 1.33. The summed E-state index contributed by atoms with van der Waals surface area (Å²) in [4.78, 5) is 16.7. The summed E-state index contributed by atoms with van der Waals surface area (Å²) in [7, 11) is 0. The first-order chi connectivity index (χ1) is 13.3. The molecular weight excluding hydrogens is 342 g/mol. The Morgan fingerprint density at radius 3 is 2.96 bits per heavy atom. The second-order valence-corrected chi connectivity index (χ2v) is 6.64. The van der Waals surface area contributed by atoms with Crippen LogP contribution < -0.4 is 10.1 Å². The molecule has 1 fully saturated rings. The highest BCUT2D eigenvalue weighted by atomic mass is 16.5. The van der Waals surface area contributed by atoms with Crippen molar-refractivity contribution in [3.8, 4) is 5.88 Å². The van der Waals surface area contributed by atoms with Gasteiger partial charge in [0, 0.05) is 55.5 Å². The molecule has 0 spiro atoms. The number of fused-ring (bicyclic) bond motifs is 1. The zero-order chi connectivity index (χ0) is 18.5. The number of pyridine rings is 1. The highest BCUT2D eigenvalue weighted by Crippen LogP contribution is 2.17. The highest BCUT2D eigenvalue weighted by molar-refractivity contribution is 5.94. The number of nitrogens with one attached hydrogen (secondary N) is 1. The molecule has 27 heavy (non-hydrogen) atoms. The molecule has 1 aromatic carbocycles. The van der Waals surface area contributed by atoms with Crippen molar-refractivity contribution in [2.45, 2.75) is 25.5 Å². The van der Waals surface area contributed by atoms with Gasteiger partial charge in [-0.05, 0) is 23.6 Å². The molecule has 0 aliphatic carbocycles. The number of benzene rings is 1. The van der Waals surface area contributed by atoms with Crippen LogP contribution in [0.15, 0.2) is 54.9 Å². The minimum absolute atomic E-state index is 0.103. The summed E-state index contributed by atoms with van der Waals surface area (Å²) in [5.74, 6) is 0.372. The second-order valence-electron chi connectivity index (χ2n) is 6.64. The SMILES string of the molecule is O=C(NCCn1ccc2ccccc21)c1ccnc(OC2CCOCC2)c1. The van der Waals surface area contributed by atoms with Gasteiger partial charge in [-0.1, -0.05) is 18.2 Å². The van der Waals surface area contributed by atoms with E-state index in [4.69, 9.17) is 9.47 Å². The Morgan fingerprint density at radius 1 is 1.22 bits per heavy atom. The predicted molar refractivity (Wildman–Crippen MR) is 103 cm³/mol. The van der Waals surface area contributed by atoms with Crippen molar-refractivity contribution in [1.29, 1.82) is 0 Å². The van der Waals surface area contributed by atoms with E-state index in [2.05, 4.69) is 33.1 Å². The molecule has 1 aliphatic heterocycles. The number of hydrogen-bond donors (Lipinski definition) is 1. The Hall–Kier alpha value is -2.86. The smallest absolute Gasteiger partial charge is 0.251 e. The number of ether oxygens (including phenoxy) is 2. The summed E-state index contributed by atoms with van der Waals surface area (Å²) in [6.45, 7) is 2.68. The molecule has 0 unspecified atom stereocenters. The summed E-state index contributed by atoms with van der Waals surface area (Å²) in [5.41, 5.74) is 1.73. The largest absolute Gasteiger partial charge is 0.474 e. The van der Waals surface area contributed by atoms with E-state index in [0.717, 1.165) is 19.4 Å². The summed E-state index contributed by atoms with van der Waals surface area (Å²) >= 11 is 0. The van der Waals surface area contributed by atoms with E-state index in [1.54, 1.807) is 18.3 Å². The van der Waals surface area contributed by atoms with Crippen molar-refractivity contribution in [2.75, 3.05) is 19.8 Å². The molecule has 2 aromatic heterocycles. The van der Waals surface area contributed by atoms with E-state index in [0.29, 0.717) is 31.2 Å². The predicted octanol–water partition coefficient (Wildman–Crippen LogP) is 3.02. The van der Waals surface area contributed by atoms with Crippen LogP contribution in [0.2, 0.25) is 0 Å². The number of nitrogens with zero attached hydrogens (tertiary/aromatic N) is 2. The Labute approximate surface area is 158 Å². The standard InChI is InChI=1S/C21H23N3O3/c25-21(23-10-12-24-11-6-16-3-1-2-4-19(16)24)17-5-9-22-20(15-17)27-18-7-13-26-14-8-18/h1-6,9,11,15,18H,7-8,10,12-14H2,(H,23,25). The fraction of sp³-hybridized carbons (Fsp3) is 0.333. The van der Waals surface area contributed by atoms with Crippen LogP contribution in [0.4, 0.5) is 0 Å². The zero-order valence-electron chi connectivity index (χ0n) is 15.1. The number of rotatable bonds is 6. The summed E-state index contributed by atoms with van der Waals surface area (Å²) in [5, 5.41) is 4.17. The first kappa shape index (κ1) is 17.5. The van der Waals surface area contributed by atoms with Gasteiger partial charge in [0.05, 0.1) is 13.2 Å². The van der Waals surface area contributed by atoms with Crippen LogP contribution in [-0.4, -0.2) is 41.3 Å². The van der Waals surface area contributed by atoms with Gasteiger partial charge in [0.25, 0.3) is 5.91 Å². The van der Waals surface area contributed by atoms with Crippen LogP contribution in [0, 0.1) is 0 Å². The number of carbonyl (C=O) groups is 1. The zero-order valence-corrected chi connectivity index (χ0v) is 15.1. The van der Waals surface area contributed by atoms with Crippen LogP contribution in [0.25, 0.3) is 10.9 Å². The van der Waals surface area contributed by atoms with E-state index in [9.17, 15) is 4.79 Å². The number of amides is 1. The Kier molecular flexibility index (Phi) is 5.34. The van der Waals surface area contributed by atoms with Crippen molar-refractivity contribution in [2.24, 2.45) is 0 Å². The van der Waals surface area contributed by atoms with Crippen LogP contribution >= 0.6 is 0 Å². The normalized spacial score (nSPS) is 15.0. The van der Waals surface area contributed by atoms with Crippen LogP contribution in [-0.2, 0) is 11.3 Å². The third-order valence-electron chi connectivity index (χ3n) is 4.77. The molecular formula is C21H23N3O3.